The Bertz CT molecular complexity index is 712. The van der Waals surface area contributed by atoms with Gasteiger partial charge < -0.3 is 10.6 Å². The second kappa shape index (κ2) is 7.97. The van der Waals surface area contributed by atoms with E-state index >= 15 is 0 Å². The first-order valence-electron chi connectivity index (χ1n) is 8.26. The summed E-state index contributed by atoms with van der Waals surface area (Å²) in [7, 11) is 0. The van der Waals surface area contributed by atoms with E-state index in [-0.39, 0.29) is 6.04 Å². The zero-order chi connectivity index (χ0) is 17.1. The number of halogens is 3. The number of benzene rings is 2. The maximum absolute atomic E-state index is 6.40. The van der Waals surface area contributed by atoms with Gasteiger partial charge in [0.15, 0.2) is 0 Å². The van der Waals surface area contributed by atoms with Crippen LogP contribution in [-0.4, -0.2) is 13.1 Å². The van der Waals surface area contributed by atoms with Crippen LogP contribution >= 0.6 is 34.8 Å². The van der Waals surface area contributed by atoms with Gasteiger partial charge in [-0.3, -0.25) is 0 Å². The predicted molar refractivity (Wildman–Crippen MR) is 105 cm³/mol. The van der Waals surface area contributed by atoms with Crippen molar-refractivity contribution < 1.29 is 0 Å². The Morgan fingerprint density at radius 2 is 1.75 bits per heavy atom. The lowest BCUT2D eigenvalue weighted by atomic mass is 9.90. The summed E-state index contributed by atoms with van der Waals surface area (Å²) in [4.78, 5) is 0. The molecule has 2 nitrogen and oxygen atoms in total. The van der Waals surface area contributed by atoms with E-state index in [0.29, 0.717) is 16.0 Å². The zero-order valence-corrected chi connectivity index (χ0v) is 15.8. The number of hydrogen-bond acceptors (Lipinski definition) is 2. The summed E-state index contributed by atoms with van der Waals surface area (Å²) in [6.45, 7) is 4.22. The molecule has 1 aliphatic rings. The van der Waals surface area contributed by atoms with Gasteiger partial charge in [0.2, 0.25) is 0 Å². The van der Waals surface area contributed by atoms with Crippen LogP contribution in [0.4, 0.5) is 5.69 Å². The maximum atomic E-state index is 6.40. The van der Waals surface area contributed by atoms with E-state index in [2.05, 4.69) is 29.7 Å². The highest BCUT2D eigenvalue weighted by molar-refractivity contribution is 6.35. The van der Waals surface area contributed by atoms with E-state index in [1.165, 1.54) is 18.4 Å². The molecule has 3 rings (SSSR count). The molecule has 0 aliphatic carbocycles. The molecule has 5 heteroatoms. The van der Waals surface area contributed by atoms with Crippen molar-refractivity contribution in [3.63, 3.8) is 0 Å². The molecule has 0 spiro atoms. The molecule has 24 heavy (non-hydrogen) atoms. The fourth-order valence-electron chi connectivity index (χ4n) is 3.23. The maximum Gasteiger partial charge on any atom is 0.0637 e. The third kappa shape index (κ3) is 4.18. The molecule has 0 radical (unpaired) electrons. The predicted octanol–water partition coefficient (Wildman–Crippen LogP) is 6.29. The van der Waals surface area contributed by atoms with E-state index in [9.17, 15) is 0 Å². The van der Waals surface area contributed by atoms with Gasteiger partial charge in [-0.1, -0.05) is 46.9 Å². The molecule has 1 aliphatic heterocycles. The Labute approximate surface area is 158 Å². The molecular formula is C19H21Cl3N2. The van der Waals surface area contributed by atoms with Gasteiger partial charge >= 0.3 is 0 Å². The van der Waals surface area contributed by atoms with Crippen molar-refractivity contribution in [1.82, 2.24) is 5.32 Å². The lowest BCUT2D eigenvalue weighted by molar-refractivity contribution is 0.460. The highest BCUT2D eigenvalue weighted by Gasteiger charge is 2.17. The van der Waals surface area contributed by atoms with E-state index < -0.39 is 0 Å². The largest absolute Gasteiger partial charge is 0.377 e. The standard InChI is InChI=1S/C19H21Cl3N2/c1-12(16-4-3-15(20)11-18(16)22)24-19-10-14(2-5-17(19)21)13-6-8-23-9-7-13/h2-5,10-13,23-24H,6-9H2,1H3. The average molecular weight is 384 g/mol. The van der Waals surface area contributed by atoms with E-state index in [1.54, 1.807) is 6.07 Å². The van der Waals surface area contributed by atoms with Crippen LogP contribution in [0.5, 0.6) is 0 Å². The molecule has 2 aromatic carbocycles. The van der Waals surface area contributed by atoms with Crippen LogP contribution in [0.2, 0.25) is 15.1 Å². The Morgan fingerprint density at radius 3 is 2.46 bits per heavy atom. The van der Waals surface area contributed by atoms with Crippen LogP contribution in [0.15, 0.2) is 36.4 Å². The first-order valence-corrected chi connectivity index (χ1v) is 9.39. The summed E-state index contributed by atoms with van der Waals surface area (Å²) in [6.07, 6.45) is 2.33. The van der Waals surface area contributed by atoms with Crippen LogP contribution in [0.3, 0.4) is 0 Å². The molecule has 2 N–H and O–H groups in total. The minimum absolute atomic E-state index is 0.0375. The quantitative estimate of drug-likeness (QED) is 0.648. The lowest BCUT2D eigenvalue weighted by Gasteiger charge is -2.24. The van der Waals surface area contributed by atoms with Crippen molar-refractivity contribution >= 4 is 40.5 Å². The highest BCUT2D eigenvalue weighted by Crippen LogP contribution is 2.34. The molecule has 1 atom stereocenters. The molecule has 1 unspecified atom stereocenters. The van der Waals surface area contributed by atoms with Gasteiger partial charge in [0.05, 0.1) is 16.8 Å². The summed E-state index contributed by atoms with van der Waals surface area (Å²) < 4.78 is 0. The molecular weight excluding hydrogens is 363 g/mol. The third-order valence-electron chi connectivity index (χ3n) is 4.60. The first kappa shape index (κ1) is 17.9. The molecule has 1 fully saturated rings. The van der Waals surface area contributed by atoms with Gasteiger partial charge in [-0.2, -0.15) is 0 Å². The van der Waals surface area contributed by atoms with Gasteiger partial charge in [-0.25, -0.2) is 0 Å². The number of anilines is 1. The number of nitrogens with one attached hydrogen (secondary N) is 2. The van der Waals surface area contributed by atoms with Crippen LogP contribution in [-0.2, 0) is 0 Å². The Hall–Kier alpha value is -0.930. The van der Waals surface area contributed by atoms with Crippen molar-refractivity contribution in [2.45, 2.75) is 31.7 Å². The fraction of sp³-hybridized carbons (Fsp3) is 0.368. The van der Waals surface area contributed by atoms with Crippen LogP contribution in [0.25, 0.3) is 0 Å². The summed E-state index contributed by atoms with van der Waals surface area (Å²) >= 11 is 18.7. The van der Waals surface area contributed by atoms with Crippen molar-refractivity contribution in [2.24, 2.45) is 0 Å². The smallest absolute Gasteiger partial charge is 0.0637 e. The molecule has 0 amide bonds. The molecule has 2 aromatic rings. The van der Waals surface area contributed by atoms with Gasteiger partial charge in [0.25, 0.3) is 0 Å². The third-order valence-corrected chi connectivity index (χ3v) is 5.49. The molecule has 1 saturated heterocycles. The van der Waals surface area contributed by atoms with Gasteiger partial charge in [0, 0.05) is 10.0 Å². The number of rotatable bonds is 4. The SMILES string of the molecule is CC(Nc1cc(C2CCNCC2)ccc1Cl)c1ccc(Cl)cc1Cl. The summed E-state index contributed by atoms with van der Waals surface area (Å²) in [5.74, 6) is 0.596. The fourth-order valence-corrected chi connectivity index (χ4v) is 3.97. The zero-order valence-electron chi connectivity index (χ0n) is 13.6. The van der Waals surface area contributed by atoms with E-state index in [0.717, 1.165) is 29.4 Å². The second-order valence-electron chi connectivity index (χ2n) is 6.30. The molecule has 0 saturated carbocycles. The lowest BCUT2D eigenvalue weighted by Crippen LogP contribution is -2.26. The number of piperidine rings is 1. The summed E-state index contributed by atoms with van der Waals surface area (Å²) in [5.41, 5.74) is 3.30. The Balaban J connectivity index is 1.80. The molecule has 0 bridgehead atoms. The van der Waals surface area contributed by atoms with E-state index in [1.807, 2.05) is 18.2 Å². The monoisotopic (exact) mass is 382 g/mol. The van der Waals surface area contributed by atoms with Crippen LogP contribution in [0.1, 0.15) is 42.9 Å². The summed E-state index contributed by atoms with van der Waals surface area (Å²) in [6, 6.07) is 11.9. The normalized spacial score (nSPS) is 16.8. The van der Waals surface area contributed by atoms with E-state index in [4.69, 9.17) is 34.8 Å². The van der Waals surface area contributed by atoms with Crippen molar-refractivity contribution in [3.8, 4) is 0 Å². The molecule has 1 heterocycles. The van der Waals surface area contributed by atoms with Crippen LogP contribution in [0, 0.1) is 0 Å². The highest BCUT2D eigenvalue weighted by atomic mass is 35.5. The Morgan fingerprint density at radius 1 is 1.00 bits per heavy atom. The Kier molecular flexibility index (Phi) is 5.93. The second-order valence-corrected chi connectivity index (χ2v) is 7.55. The topological polar surface area (TPSA) is 24.1 Å². The minimum Gasteiger partial charge on any atom is -0.377 e. The number of hydrogen-bond donors (Lipinski definition) is 2. The van der Waals surface area contributed by atoms with Gasteiger partial charge in [-0.15, -0.1) is 0 Å². The average Bonchev–Trinajstić information content (AvgIpc) is 2.57. The van der Waals surface area contributed by atoms with Crippen molar-refractivity contribution in [3.05, 3.63) is 62.6 Å². The van der Waals surface area contributed by atoms with Gasteiger partial charge in [0.1, 0.15) is 0 Å². The molecule has 0 aromatic heterocycles. The van der Waals surface area contributed by atoms with Crippen LogP contribution < -0.4 is 10.6 Å². The van der Waals surface area contributed by atoms with Crippen molar-refractivity contribution in [1.29, 1.82) is 0 Å². The van der Waals surface area contributed by atoms with Crippen molar-refractivity contribution in [2.75, 3.05) is 18.4 Å². The molecule has 128 valence electrons. The first-order chi connectivity index (χ1) is 11.5. The summed E-state index contributed by atoms with van der Waals surface area (Å²) in [5, 5.41) is 8.93. The minimum atomic E-state index is 0.0375. The van der Waals surface area contributed by atoms with Gasteiger partial charge in [-0.05, 0) is 74.2 Å².